The Kier molecular flexibility index (Phi) is 5.90. The second-order valence-corrected chi connectivity index (χ2v) is 7.26. The van der Waals surface area contributed by atoms with Gasteiger partial charge in [-0.1, -0.05) is 23.9 Å². The van der Waals surface area contributed by atoms with E-state index in [4.69, 9.17) is 0 Å². The average molecular weight is 370 g/mol. The number of nitrogens with one attached hydrogen (secondary N) is 1. The number of ketones is 1. The number of rotatable bonds is 8. The molecule has 0 aliphatic carbocycles. The van der Waals surface area contributed by atoms with Gasteiger partial charge in [0.2, 0.25) is 0 Å². The smallest absolute Gasteiger partial charge is 0.262 e. The molecule has 26 heavy (non-hydrogen) atoms. The van der Waals surface area contributed by atoms with E-state index < -0.39 is 0 Å². The molecule has 1 N–H and O–H groups in total. The lowest BCUT2D eigenvalue weighted by Gasteiger charge is -2.14. The van der Waals surface area contributed by atoms with Crippen LogP contribution in [0.5, 0.6) is 0 Å². The molecule has 2 heterocycles. The molecule has 0 aliphatic heterocycles. The van der Waals surface area contributed by atoms with Crippen LogP contribution in [0.25, 0.3) is 10.9 Å². The third kappa shape index (κ3) is 4.23. The topological polar surface area (TPSA) is 71.0 Å². The van der Waals surface area contributed by atoms with Crippen molar-refractivity contribution in [3.05, 3.63) is 58.6 Å². The highest BCUT2D eigenvalue weighted by Crippen LogP contribution is 2.19. The van der Waals surface area contributed by atoms with Crippen molar-refractivity contribution in [3.8, 4) is 0 Å². The predicted octanol–water partition coefficient (Wildman–Crippen LogP) is 2.65. The Labute approximate surface area is 156 Å². The van der Waals surface area contributed by atoms with Crippen LogP contribution in [0, 0.1) is 0 Å². The number of hydrogen-bond donors (Lipinski definition) is 1. The first-order valence-corrected chi connectivity index (χ1v) is 9.48. The molecule has 3 aromatic rings. The van der Waals surface area contributed by atoms with Gasteiger partial charge in [-0.15, -0.1) is 0 Å². The molecule has 0 atom stereocenters. The van der Waals surface area contributed by atoms with E-state index in [2.05, 4.69) is 14.9 Å². The quantitative estimate of drug-likeness (QED) is 0.375. The van der Waals surface area contributed by atoms with Crippen molar-refractivity contribution in [1.29, 1.82) is 0 Å². The van der Waals surface area contributed by atoms with Crippen LogP contribution in [0.15, 0.2) is 52.5 Å². The lowest BCUT2D eigenvalue weighted by Crippen LogP contribution is -2.25. The van der Waals surface area contributed by atoms with Gasteiger partial charge in [-0.3, -0.25) is 14.2 Å². The summed E-state index contributed by atoms with van der Waals surface area (Å²) in [6.45, 7) is 1.46. The standard InChI is InChI=1S/C19H22N4O2S/c1-22(2)11-6-12-23-18(25)14-7-3-4-8-15(14)21-19(23)26-13-17(24)16-9-5-10-20-16/h3-5,7-10,20H,6,11-13H2,1-2H3. The summed E-state index contributed by atoms with van der Waals surface area (Å²) in [6.07, 6.45) is 2.56. The molecule has 6 nitrogen and oxygen atoms in total. The van der Waals surface area contributed by atoms with Gasteiger partial charge < -0.3 is 9.88 Å². The minimum Gasteiger partial charge on any atom is -0.359 e. The van der Waals surface area contributed by atoms with Gasteiger partial charge in [0.15, 0.2) is 10.9 Å². The monoisotopic (exact) mass is 370 g/mol. The number of H-pyrrole nitrogens is 1. The molecular weight excluding hydrogens is 348 g/mol. The number of carbonyl (C=O) groups excluding carboxylic acids is 1. The number of aromatic amines is 1. The number of Topliss-reactive ketones (excluding diaryl/α,β-unsaturated/α-hetero) is 1. The van der Waals surface area contributed by atoms with Crippen molar-refractivity contribution in [2.45, 2.75) is 18.1 Å². The van der Waals surface area contributed by atoms with E-state index in [0.29, 0.717) is 28.3 Å². The van der Waals surface area contributed by atoms with Crippen LogP contribution in [0.2, 0.25) is 0 Å². The van der Waals surface area contributed by atoms with Crippen LogP contribution in [0.4, 0.5) is 0 Å². The molecule has 136 valence electrons. The Morgan fingerprint density at radius 1 is 1.23 bits per heavy atom. The Bertz CT molecular complexity index is 948. The maximum atomic E-state index is 12.9. The van der Waals surface area contributed by atoms with E-state index in [1.165, 1.54) is 11.8 Å². The van der Waals surface area contributed by atoms with Gasteiger partial charge in [0.1, 0.15) is 0 Å². The number of thioether (sulfide) groups is 1. The normalized spacial score (nSPS) is 11.3. The minimum absolute atomic E-state index is 0.0118. The molecule has 0 saturated heterocycles. The lowest BCUT2D eigenvalue weighted by molar-refractivity contribution is 0.101. The van der Waals surface area contributed by atoms with Gasteiger partial charge in [-0.25, -0.2) is 4.98 Å². The third-order valence-corrected chi connectivity index (χ3v) is 5.02. The number of nitrogens with zero attached hydrogens (tertiary/aromatic N) is 3. The van der Waals surface area contributed by atoms with Crippen LogP contribution in [0.1, 0.15) is 16.9 Å². The SMILES string of the molecule is CN(C)CCCn1c(SCC(=O)c2ccc[nH]2)nc2ccccc2c1=O. The van der Waals surface area contributed by atoms with Gasteiger partial charge in [-0.2, -0.15) is 0 Å². The van der Waals surface area contributed by atoms with Crippen molar-refractivity contribution in [1.82, 2.24) is 19.4 Å². The van der Waals surface area contributed by atoms with Gasteiger partial charge in [0, 0.05) is 12.7 Å². The second kappa shape index (κ2) is 8.33. The maximum Gasteiger partial charge on any atom is 0.262 e. The molecule has 1 aromatic carbocycles. The fourth-order valence-corrected chi connectivity index (χ4v) is 3.62. The largest absolute Gasteiger partial charge is 0.359 e. The van der Waals surface area contributed by atoms with Crippen molar-refractivity contribution < 1.29 is 4.79 Å². The minimum atomic E-state index is -0.0517. The third-order valence-electron chi connectivity index (χ3n) is 4.04. The maximum absolute atomic E-state index is 12.9. The molecule has 3 rings (SSSR count). The summed E-state index contributed by atoms with van der Waals surface area (Å²) in [4.78, 5) is 34.8. The van der Waals surface area contributed by atoms with Crippen LogP contribution >= 0.6 is 11.8 Å². The first-order valence-electron chi connectivity index (χ1n) is 8.50. The number of fused-ring (bicyclic) bond motifs is 1. The van der Waals surface area contributed by atoms with Gasteiger partial charge in [0.05, 0.1) is 22.3 Å². The summed E-state index contributed by atoms with van der Waals surface area (Å²) in [5.41, 5.74) is 1.18. The summed E-state index contributed by atoms with van der Waals surface area (Å²) < 4.78 is 1.69. The van der Waals surface area contributed by atoms with Crippen LogP contribution < -0.4 is 5.56 Å². The van der Waals surface area contributed by atoms with E-state index >= 15 is 0 Å². The molecule has 0 fully saturated rings. The number of benzene rings is 1. The fraction of sp³-hybridized carbons (Fsp3) is 0.316. The van der Waals surface area contributed by atoms with Gasteiger partial charge in [0.25, 0.3) is 5.56 Å². The van der Waals surface area contributed by atoms with Crippen molar-refractivity contribution in [2.24, 2.45) is 0 Å². The molecule has 0 saturated carbocycles. The summed E-state index contributed by atoms with van der Waals surface area (Å²) in [6, 6.07) is 10.9. The Morgan fingerprint density at radius 2 is 2.04 bits per heavy atom. The first kappa shape index (κ1) is 18.4. The molecule has 7 heteroatoms. The van der Waals surface area contributed by atoms with Crippen LogP contribution in [-0.4, -0.2) is 51.6 Å². The zero-order valence-electron chi connectivity index (χ0n) is 14.9. The molecule has 0 amide bonds. The van der Waals surface area contributed by atoms with Crippen molar-refractivity contribution in [2.75, 3.05) is 26.4 Å². The molecule has 0 bridgehead atoms. The predicted molar refractivity (Wildman–Crippen MR) is 105 cm³/mol. The zero-order valence-corrected chi connectivity index (χ0v) is 15.8. The van der Waals surface area contributed by atoms with Crippen molar-refractivity contribution >= 4 is 28.4 Å². The van der Waals surface area contributed by atoms with Gasteiger partial charge in [-0.05, 0) is 51.3 Å². The Balaban J connectivity index is 1.88. The second-order valence-electron chi connectivity index (χ2n) is 6.32. The number of aromatic nitrogens is 3. The van der Waals surface area contributed by atoms with E-state index in [1.807, 2.05) is 32.3 Å². The van der Waals surface area contributed by atoms with Crippen LogP contribution in [0.3, 0.4) is 0 Å². The highest BCUT2D eigenvalue weighted by atomic mass is 32.2. The Morgan fingerprint density at radius 3 is 2.77 bits per heavy atom. The average Bonchev–Trinajstić information content (AvgIpc) is 3.16. The molecule has 2 aromatic heterocycles. The Hall–Kier alpha value is -2.38. The molecule has 0 radical (unpaired) electrons. The summed E-state index contributed by atoms with van der Waals surface area (Å²) in [5, 5.41) is 1.20. The van der Waals surface area contributed by atoms with E-state index in [-0.39, 0.29) is 17.1 Å². The van der Waals surface area contributed by atoms with E-state index in [9.17, 15) is 9.59 Å². The summed E-state index contributed by atoms with van der Waals surface area (Å²) in [7, 11) is 4.01. The fourth-order valence-electron chi connectivity index (χ4n) is 2.71. The number of carbonyl (C=O) groups is 1. The molecule has 0 spiro atoms. The highest BCUT2D eigenvalue weighted by molar-refractivity contribution is 7.99. The highest BCUT2D eigenvalue weighted by Gasteiger charge is 2.14. The summed E-state index contributed by atoms with van der Waals surface area (Å²) in [5.74, 6) is 0.223. The first-order chi connectivity index (χ1) is 12.6. The van der Waals surface area contributed by atoms with E-state index in [0.717, 1.165) is 13.0 Å². The molecule has 0 aliphatic rings. The zero-order chi connectivity index (χ0) is 18.5. The van der Waals surface area contributed by atoms with Crippen molar-refractivity contribution in [3.63, 3.8) is 0 Å². The van der Waals surface area contributed by atoms with Gasteiger partial charge >= 0.3 is 0 Å². The number of para-hydroxylation sites is 1. The lowest BCUT2D eigenvalue weighted by atomic mass is 10.2. The van der Waals surface area contributed by atoms with E-state index in [1.54, 1.807) is 29.0 Å². The summed E-state index contributed by atoms with van der Waals surface area (Å²) >= 11 is 1.31. The number of hydrogen-bond acceptors (Lipinski definition) is 5. The van der Waals surface area contributed by atoms with Crippen LogP contribution in [-0.2, 0) is 6.54 Å². The molecular formula is C19H22N4O2S. The molecule has 0 unspecified atom stereocenters.